The van der Waals surface area contributed by atoms with Gasteiger partial charge in [0.05, 0.1) is 7.11 Å². The third kappa shape index (κ3) is 3.09. The van der Waals surface area contributed by atoms with Gasteiger partial charge in [0.2, 0.25) is 0 Å². The number of carbonyl (C=O) groups excluding carboxylic acids is 1. The van der Waals surface area contributed by atoms with E-state index in [4.69, 9.17) is 5.26 Å². The summed E-state index contributed by atoms with van der Waals surface area (Å²) in [5.74, 6) is -0.614. The first-order valence-corrected chi connectivity index (χ1v) is 6.41. The Morgan fingerprint density at radius 3 is 2.63 bits per heavy atom. The number of nitrogens with zero attached hydrogens (tertiary/aromatic N) is 1. The van der Waals surface area contributed by atoms with E-state index in [2.05, 4.69) is 4.74 Å². The summed E-state index contributed by atoms with van der Waals surface area (Å²) >= 11 is 1.52. The molecule has 1 aromatic carbocycles. The van der Waals surface area contributed by atoms with Gasteiger partial charge in [-0.05, 0) is 23.8 Å². The van der Waals surface area contributed by atoms with Crippen LogP contribution in [0.15, 0.2) is 48.0 Å². The molecule has 0 bridgehead atoms. The zero-order chi connectivity index (χ0) is 13.7. The smallest absolute Gasteiger partial charge is 0.348 e. The molecule has 0 aliphatic rings. The number of rotatable bonds is 3. The number of esters is 1. The lowest BCUT2D eigenvalue weighted by Gasteiger charge is -1.95. The summed E-state index contributed by atoms with van der Waals surface area (Å²) in [5, 5.41) is 8.90. The summed E-state index contributed by atoms with van der Waals surface area (Å²) in [6.45, 7) is 0. The van der Waals surface area contributed by atoms with Gasteiger partial charge in [0.15, 0.2) is 0 Å². The van der Waals surface area contributed by atoms with Crippen LogP contribution in [0.4, 0.5) is 0 Å². The summed E-state index contributed by atoms with van der Waals surface area (Å²) in [7, 11) is 1.26. The molecule has 0 amide bonds. The largest absolute Gasteiger partial charge is 0.465 e. The van der Waals surface area contributed by atoms with Crippen LogP contribution in [-0.4, -0.2) is 13.1 Å². The van der Waals surface area contributed by atoms with Gasteiger partial charge < -0.3 is 4.74 Å². The van der Waals surface area contributed by atoms with Crippen molar-refractivity contribution in [3.8, 4) is 16.5 Å². The number of hydrogen-bond donors (Lipinski definition) is 0. The lowest BCUT2D eigenvalue weighted by molar-refractivity contribution is -0.135. The molecule has 0 spiro atoms. The molecular weight excluding hydrogens is 258 g/mol. The van der Waals surface area contributed by atoms with Gasteiger partial charge in [0.25, 0.3) is 0 Å². The second-order valence-electron chi connectivity index (χ2n) is 3.73. The molecule has 3 nitrogen and oxygen atoms in total. The maximum Gasteiger partial charge on any atom is 0.348 e. The van der Waals surface area contributed by atoms with Gasteiger partial charge in [-0.15, -0.1) is 11.3 Å². The molecule has 4 heteroatoms. The molecule has 0 saturated carbocycles. The maximum absolute atomic E-state index is 11.3. The van der Waals surface area contributed by atoms with Crippen molar-refractivity contribution in [2.75, 3.05) is 7.11 Å². The van der Waals surface area contributed by atoms with Gasteiger partial charge in [0, 0.05) is 9.75 Å². The van der Waals surface area contributed by atoms with Crippen LogP contribution in [0.2, 0.25) is 0 Å². The van der Waals surface area contributed by atoms with Crippen molar-refractivity contribution in [1.82, 2.24) is 0 Å². The fraction of sp³-hybridized carbons (Fsp3) is 0.0667. The Morgan fingerprint density at radius 1 is 1.26 bits per heavy atom. The van der Waals surface area contributed by atoms with Crippen LogP contribution in [-0.2, 0) is 9.53 Å². The summed E-state index contributed by atoms with van der Waals surface area (Å²) in [6, 6.07) is 15.6. The van der Waals surface area contributed by atoms with Crippen LogP contribution in [0.1, 0.15) is 4.88 Å². The molecule has 0 unspecified atom stereocenters. The maximum atomic E-state index is 11.3. The highest BCUT2D eigenvalue weighted by molar-refractivity contribution is 7.16. The minimum absolute atomic E-state index is 0.00367. The van der Waals surface area contributed by atoms with Gasteiger partial charge in [-0.1, -0.05) is 30.3 Å². The second-order valence-corrected chi connectivity index (χ2v) is 4.84. The first kappa shape index (κ1) is 13.1. The normalized spacial score (nSPS) is 10.8. The zero-order valence-electron chi connectivity index (χ0n) is 10.3. The Bertz CT molecular complexity index is 650. The lowest BCUT2D eigenvalue weighted by atomic mass is 10.2. The molecule has 1 heterocycles. The molecule has 2 aromatic rings. The topological polar surface area (TPSA) is 50.1 Å². The van der Waals surface area contributed by atoms with Crippen LogP contribution >= 0.6 is 11.3 Å². The van der Waals surface area contributed by atoms with E-state index >= 15 is 0 Å². The van der Waals surface area contributed by atoms with Crippen molar-refractivity contribution < 1.29 is 9.53 Å². The van der Waals surface area contributed by atoms with E-state index in [1.807, 2.05) is 48.5 Å². The quantitative estimate of drug-likeness (QED) is 0.487. The number of carbonyl (C=O) groups is 1. The highest BCUT2D eigenvalue weighted by Gasteiger charge is 2.09. The molecule has 0 N–H and O–H groups in total. The van der Waals surface area contributed by atoms with Crippen molar-refractivity contribution in [2.45, 2.75) is 0 Å². The van der Waals surface area contributed by atoms with Crippen molar-refractivity contribution in [2.24, 2.45) is 0 Å². The average Bonchev–Trinajstić information content (AvgIpc) is 2.93. The number of ether oxygens (including phenoxy) is 1. The van der Waals surface area contributed by atoms with Crippen molar-refractivity contribution in [1.29, 1.82) is 5.26 Å². The van der Waals surface area contributed by atoms with E-state index in [0.717, 1.165) is 15.3 Å². The van der Waals surface area contributed by atoms with E-state index in [1.54, 1.807) is 6.08 Å². The van der Waals surface area contributed by atoms with Crippen LogP contribution in [0.3, 0.4) is 0 Å². The third-order valence-electron chi connectivity index (χ3n) is 2.50. The van der Waals surface area contributed by atoms with Crippen LogP contribution in [0, 0.1) is 11.3 Å². The average molecular weight is 269 g/mol. The van der Waals surface area contributed by atoms with Crippen molar-refractivity contribution >= 4 is 23.4 Å². The molecule has 0 aliphatic heterocycles. The van der Waals surface area contributed by atoms with Gasteiger partial charge in [-0.25, -0.2) is 4.79 Å². The summed E-state index contributed by atoms with van der Waals surface area (Å²) in [5.41, 5.74) is 1.12. The summed E-state index contributed by atoms with van der Waals surface area (Å²) in [6.07, 6.45) is 1.54. The first-order chi connectivity index (χ1) is 9.24. The van der Waals surface area contributed by atoms with Crippen LogP contribution < -0.4 is 0 Å². The van der Waals surface area contributed by atoms with E-state index < -0.39 is 5.97 Å². The molecule has 0 atom stereocenters. The Kier molecular flexibility index (Phi) is 4.11. The van der Waals surface area contributed by atoms with E-state index in [9.17, 15) is 4.79 Å². The Morgan fingerprint density at radius 2 is 2.00 bits per heavy atom. The fourth-order valence-corrected chi connectivity index (χ4v) is 2.53. The molecule has 1 aromatic heterocycles. The molecule has 0 fully saturated rings. The molecule has 2 rings (SSSR count). The fourth-order valence-electron chi connectivity index (χ4n) is 1.58. The molecule has 0 aliphatic carbocycles. The highest BCUT2D eigenvalue weighted by atomic mass is 32.1. The molecular formula is C15H11NO2S. The SMILES string of the molecule is COC(=O)/C(C#N)=C/c1ccc(-c2ccccc2)s1. The highest BCUT2D eigenvalue weighted by Crippen LogP contribution is 2.29. The first-order valence-electron chi connectivity index (χ1n) is 5.60. The monoisotopic (exact) mass is 269 g/mol. The Hall–Kier alpha value is -2.38. The minimum atomic E-state index is -0.614. The molecule has 94 valence electrons. The summed E-state index contributed by atoms with van der Waals surface area (Å²) in [4.78, 5) is 13.3. The number of benzene rings is 1. The van der Waals surface area contributed by atoms with Gasteiger partial charge in [-0.3, -0.25) is 0 Å². The summed E-state index contributed by atoms with van der Waals surface area (Å²) < 4.78 is 4.54. The number of hydrogen-bond acceptors (Lipinski definition) is 4. The van der Waals surface area contributed by atoms with Gasteiger partial charge >= 0.3 is 5.97 Å². The second kappa shape index (κ2) is 5.98. The van der Waals surface area contributed by atoms with Crippen LogP contribution in [0.25, 0.3) is 16.5 Å². The van der Waals surface area contributed by atoms with Crippen LogP contribution in [0.5, 0.6) is 0 Å². The predicted octanol–water partition coefficient (Wildman–Crippen LogP) is 3.50. The molecule has 0 saturated heterocycles. The van der Waals surface area contributed by atoms with Gasteiger partial charge in [-0.2, -0.15) is 5.26 Å². The zero-order valence-corrected chi connectivity index (χ0v) is 11.1. The van der Waals surface area contributed by atoms with E-state index in [1.165, 1.54) is 18.4 Å². The number of nitriles is 1. The standard InChI is InChI=1S/C15H11NO2S/c1-18-15(17)12(10-16)9-13-7-8-14(19-13)11-5-3-2-4-6-11/h2-9H,1H3/b12-9+. The predicted molar refractivity (Wildman–Crippen MR) is 75.4 cm³/mol. The third-order valence-corrected chi connectivity index (χ3v) is 3.58. The van der Waals surface area contributed by atoms with E-state index in [-0.39, 0.29) is 5.57 Å². The van der Waals surface area contributed by atoms with Crippen molar-refractivity contribution in [3.05, 3.63) is 52.9 Å². The molecule has 19 heavy (non-hydrogen) atoms. The van der Waals surface area contributed by atoms with Gasteiger partial charge in [0.1, 0.15) is 11.6 Å². The Balaban J connectivity index is 2.30. The molecule has 0 radical (unpaired) electrons. The van der Waals surface area contributed by atoms with Crippen molar-refractivity contribution in [3.63, 3.8) is 0 Å². The minimum Gasteiger partial charge on any atom is -0.465 e. The number of methoxy groups -OCH3 is 1. The van der Waals surface area contributed by atoms with E-state index in [0.29, 0.717) is 0 Å². The number of thiophene rings is 1. The Labute approximate surface area is 115 Å². The lowest BCUT2D eigenvalue weighted by Crippen LogP contribution is -2.02.